The van der Waals surface area contributed by atoms with Crippen molar-refractivity contribution in [1.82, 2.24) is 14.7 Å². The van der Waals surface area contributed by atoms with E-state index in [4.69, 9.17) is 5.73 Å². The molecule has 4 heteroatoms. The molecule has 114 valence electrons. The summed E-state index contributed by atoms with van der Waals surface area (Å²) in [5, 5.41) is 0. The van der Waals surface area contributed by atoms with Crippen LogP contribution in [0.1, 0.15) is 33.6 Å². The summed E-state index contributed by atoms with van der Waals surface area (Å²) in [5.74, 6) is 0. The quantitative estimate of drug-likeness (QED) is 0.680. The van der Waals surface area contributed by atoms with Gasteiger partial charge in [-0.2, -0.15) is 0 Å². The van der Waals surface area contributed by atoms with Gasteiger partial charge in [0.15, 0.2) is 0 Å². The van der Waals surface area contributed by atoms with Crippen LogP contribution in [-0.2, 0) is 0 Å². The third-order valence-corrected chi connectivity index (χ3v) is 4.44. The van der Waals surface area contributed by atoms with Gasteiger partial charge in [0.05, 0.1) is 0 Å². The third-order valence-electron chi connectivity index (χ3n) is 4.44. The highest BCUT2D eigenvalue weighted by Gasteiger charge is 2.22. The van der Waals surface area contributed by atoms with E-state index in [2.05, 4.69) is 35.5 Å². The van der Waals surface area contributed by atoms with Crippen LogP contribution >= 0.6 is 0 Å². The molecule has 1 unspecified atom stereocenters. The van der Waals surface area contributed by atoms with Gasteiger partial charge in [0.1, 0.15) is 0 Å². The lowest BCUT2D eigenvalue weighted by Gasteiger charge is -2.39. The van der Waals surface area contributed by atoms with Crippen LogP contribution in [0.5, 0.6) is 0 Å². The number of nitrogens with two attached hydrogens (primary N) is 1. The summed E-state index contributed by atoms with van der Waals surface area (Å²) in [6, 6.07) is 0.606. The fraction of sp³-hybridized carbons (Fsp3) is 1.00. The van der Waals surface area contributed by atoms with Gasteiger partial charge in [-0.15, -0.1) is 0 Å². The van der Waals surface area contributed by atoms with Crippen LogP contribution in [0.3, 0.4) is 0 Å². The fourth-order valence-electron chi connectivity index (χ4n) is 2.96. The van der Waals surface area contributed by atoms with Crippen LogP contribution in [0.25, 0.3) is 0 Å². The molecule has 1 saturated heterocycles. The Hall–Kier alpha value is -0.160. The van der Waals surface area contributed by atoms with Crippen LogP contribution in [-0.4, -0.2) is 79.6 Å². The molecule has 0 bridgehead atoms. The highest BCUT2D eigenvalue weighted by Crippen LogP contribution is 2.10. The van der Waals surface area contributed by atoms with E-state index in [0.717, 1.165) is 6.54 Å². The van der Waals surface area contributed by atoms with E-state index >= 15 is 0 Å². The molecule has 1 aliphatic rings. The molecule has 0 aromatic carbocycles. The summed E-state index contributed by atoms with van der Waals surface area (Å²) in [6.07, 6.45) is 2.49. The molecular weight excluding hydrogens is 236 g/mol. The summed E-state index contributed by atoms with van der Waals surface area (Å²) in [7, 11) is 0. The minimum absolute atomic E-state index is 0.606. The van der Waals surface area contributed by atoms with Crippen molar-refractivity contribution in [1.29, 1.82) is 0 Å². The highest BCUT2D eigenvalue weighted by molar-refractivity contribution is 4.79. The molecule has 1 aliphatic heterocycles. The van der Waals surface area contributed by atoms with Gasteiger partial charge in [0, 0.05) is 51.9 Å². The topological polar surface area (TPSA) is 35.7 Å². The van der Waals surface area contributed by atoms with E-state index < -0.39 is 0 Å². The van der Waals surface area contributed by atoms with Crippen LogP contribution in [0.2, 0.25) is 0 Å². The third kappa shape index (κ3) is 5.78. The highest BCUT2D eigenvalue weighted by atomic mass is 15.3. The van der Waals surface area contributed by atoms with Crippen LogP contribution in [0, 0.1) is 0 Å². The Morgan fingerprint density at radius 3 is 2.16 bits per heavy atom. The normalized spacial score (nSPS) is 20.1. The van der Waals surface area contributed by atoms with Crippen molar-refractivity contribution in [2.75, 3.05) is 58.9 Å². The number of nitrogens with zero attached hydrogens (tertiary/aromatic N) is 3. The molecule has 0 aromatic rings. The van der Waals surface area contributed by atoms with Crippen LogP contribution in [0.4, 0.5) is 0 Å². The van der Waals surface area contributed by atoms with Gasteiger partial charge in [0.2, 0.25) is 0 Å². The lowest BCUT2D eigenvalue weighted by atomic mass is 10.1. The Morgan fingerprint density at radius 2 is 1.68 bits per heavy atom. The molecule has 0 spiro atoms. The van der Waals surface area contributed by atoms with Gasteiger partial charge in [-0.3, -0.25) is 9.80 Å². The molecule has 1 heterocycles. The van der Waals surface area contributed by atoms with E-state index in [-0.39, 0.29) is 0 Å². The second-order valence-electron chi connectivity index (χ2n) is 5.58. The first-order valence-electron chi connectivity index (χ1n) is 8.13. The van der Waals surface area contributed by atoms with Crippen molar-refractivity contribution in [3.8, 4) is 0 Å². The first-order valence-corrected chi connectivity index (χ1v) is 8.13. The molecule has 0 aliphatic carbocycles. The van der Waals surface area contributed by atoms with Gasteiger partial charge in [0.25, 0.3) is 0 Å². The smallest absolute Gasteiger partial charge is 0.0219 e. The molecule has 0 saturated carbocycles. The fourth-order valence-corrected chi connectivity index (χ4v) is 2.96. The van der Waals surface area contributed by atoms with E-state index in [1.54, 1.807) is 0 Å². The average Bonchev–Trinajstić information content (AvgIpc) is 2.46. The summed E-state index contributed by atoms with van der Waals surface area (Å²) >= 11 is 0. The molecule has 19 heavy (non-hydrogen) atoms. The van der Waals surface area contributed by atoms with Crippen molar-refractivity contribution in [2.24, 2.45) is 5.73 Å². The van der Waals surface area contributed by atoms with Gasteiger partial charge >= 0.3 is 0 Å². The Bertz CT molecular complexity index is 210. The maximum atomic E-state index is 5.90. The zero-order valence-corrected chi connectivity index (χ0v) is 13.3. The van der Waals surface area contributed by atoms with Gasteiger partial charge in [-0.05, 0) is 19.5 Å². The number of hydrogen-bond donors (Lipinski definition) is 1. The van der Waals surface area contributed by atoms with E-state index in [0.29, 0.717) is 6.04 Å². The van der Waals surface area contributed by atoms with Gasteiger partial charge < -0.3 is 10.6 Å². The zero-order valence-electron chi connectivity index (χ0n) is 13.3. The number of rotatable bonds is 9. The number of likely N-dealkylation sites (N-methyl/N-ethyl adjacent to an activating group) is 1. The lowest BCUT2D eigenvalue weighted by molar-refractivity contribution is 0.0876. The van der Waals surface area contributed by atoms with E-state index in [1.807, 2.05) is 0 Å². The minimum atomic E-state index is 0.606. The molecule has 1 atom stereocenters. The summed E-state index contributed by atoms with van der Waals surface area (Å²) in [5.41, 5.74) is 5.90. The largest absolute Gasteiger partial charge is 0.329 e. The summed E-state index contributed by atoms with van der Waals surface area (Å²) < 4.78 is 0. The van der Waals surface area contributed by atoms with Crippen molar-refractivity contribution in [2.45, 2.75) is 39.7 Å². The maximum absolute atomic E-state index is 5.90. The van der Waals surface area contributed by atoms with Crippen LogP contribution < -0.4 is 5.73 Å². The predicted molar refractivity (Wildman–Crippen MR) is 83.6 cm³/mol. The molecule has 0 radical (unpaired) electrons. The number of piperazine rings is 1. The SMILES string of the molecule is CCCC(CN)N1CCN(CCN(CC)CC)CC1. The molecule has 0 amide bonds. The Balaban J connectivity index is 2.24. The average molecular weight is 270 g/mol. The van der Waals surface area contributed by atoms with Gasteiger partial charge in [-0.1, -0.05) is 27.2 Å². The first-order chi connectivity index (χ1) is 9.24. The zero-order chi connectivity index (χ0) is 14.1. The predicted octanol–water partition coefficient (Wildman–Crippen LogP) is 1.07. The Labute approximate surface area is 119 Å². The van der Waals surface area contributed by atoms with E-state index in [9.17, 15) is 0 Å². The number of hydrogen-bond acceptors (Lipinski definition) is 4. The standard InChI is InChI=1S/C15H34N4/c1-4-7-15(14-16)19-12-10-18(11-13-19)9-8-17(5-2)6-3/h15H,4-14,16H2,1-3H3. The van der Waals surface area contributed by atoms with Gasteiger partial charge in [-0.25, -0.2) is 0 Å². The van der Waals surface area contributed by atoms with E-state index in [1.165, 1.54) is 65.2 Å². The molecule has 2 N–H and O–H groups in total. The monoisotopic (exact) mass is 270 g/mol. The molecule has 1 rings (SSSR count). The van der Waals surface area contributed by atoms with Crippen molar-refractivity contribution in [3.63, 3.8) is 0 Å². The Morgan fingerprint density at radius 1 is 1.05 bits per heavy atom. The lowest BCUT2D eigenvalue weighted by Crippen LogP contribution is -2.53. The summed E-state index contributed by atoms with van der Waals surface area (Å²) in [6.45, 7) is 17.1. The molecule has 0 aromatic heterocycles. The minimum Gasteiger partial charge on any atom is -0.329 e. The summed E-state index contributed by atoms with van der Waals surface area (Å²) in [4.78, 5) is 7.71. The molecule has 4 nitrogen and oxygen atoms in total. The second kappa shape index (κ2) is 9.70. The first kappa shape index (κ1) is 16.9. The second-order valence-corrected chi connectivity index (χ2v) is 5.58. The van der Waals surface area contributed by atoms with Crippen molar-refractivity contribution < 1.29 is 0 Å². The molecule has 1 fully saturated rings. The van der Waals surface area contributed by atoms with Crippen LogP contribution in [0.15, 0.2) is 0 Å². The maximum Gasteiger partial charge on any atom is 0.0219 e. The van der Waals surface area contributed by atoms with Crippen molar-refractivity contribution >= 4 is 0 Å². The van der Waals surface area contributed by atoms with Crippen molar-refractivity contribution in [3.05, 3.63) is 0 Å². The molecular formula is C15H34N4. The Kier molecular flexibility index (Phi) is 8.62.